The van der Waals surface area contributed by atoms with Crippen LogP contribution >= 0.6 is 0 Å². The first-order valence-electron chi connectivity index (χ1n) is 7.85. The van der Waals surface area contributed by atoms with Crippen LogP contribution < -0.4 is 4.74 Å². The Morgan fingerprint density at radius 3 is 2.52 bits per heavy atom. The zero-order valence-corrected chi connectivity index (χ0v) is 13.3. The average Bonchev–Trinajstić information content (AvgIpc) is 3.10. The van der Waals surface area contributed by atoms with Crippen molar-refractivity contribution in [2.75, 3.05) is 20.2 Å². The number of hydrogen-bond acceptors (Lipinski definition) is 3. The van der Waals surface area contributed by atoms with Crippen molar-refractivity contribution < 1.29 is 14.3 Å². The minimum atomic E-state index is 0.0695. The monoisotopic (exact) mass is 311 g/mol. The highest BCUT2D eigenvalue weighted by atomic mass is 16.5. The van der Waals surface area contributed by atoms with Gasteiger partial charge in [0.25, 0.3) is 5.91 Å². The van der Waals surface area contributed by atoms with E-state index in [1.807, 2.05) is 59.5 Å². The van der Waals surface area contributed by atoms with Crippen LogP contribution in [0.15, 0.2) is 54.6 Å². The van der Waals surface area contributed by atoms with E-state index in [0.29, 0.717) is 18.7 Å². The van der Waals surface area contributed by atoms with Crippen molar-refractivity contribution in [3.05, 3.63) is 65.7 Å². The highest BCUT2D eigenvalue weighted by Gasteiger charge is 2.26. The normalized spacial score (nSPS) is 17.3. The van der Waals surface area contributed by atoms with E-state index in [1.54, 1.807) is 7.11 Å². The number of para-hydroxylation sites is 1. The summed E-state index contributed by atoms with van der Waals surface area (Å²) in [5, 5.41) is 0. The lowest BCUT2D eigenvalue weighted by atomic mass is 10.1. The number of hydrogen-bond donors (Lipinski definition) is 0. The molecule has 120 valence electrons. The number of amides is 1. The first kappa shape index (κ1) is 15.6. The maximum Gasteiger partial charge on any atom is 0.253 e. The highest BCUT2D eigenvalue weighted by Crippen LogP contribution is 2.17. The topological polar surface area (TPSA) is 38.8 Å². The number of likely N-dealkylation sites (tertiary alicyclic amines) is 1. The molecule has 1 heterocycles. The molecule has 4 heteroatoms. The molecule has 0 radical (unpaired) electrons. The molecule has 1 fully saturated rings. The van der Waals surface area contributed by atoms with E-state index in [0.717, 1.165) is 24.3 Å². The smallest absolute Gasteiger partial charge is 0.253 e. The molecule has 1 aliphatic rings. The Hall–Kier alpha value is -2.33. The third kappa shape index (κ3) is 3.90. The van der Waals surface area contributed by atoms with Crippen molar-refractivity contribution in [1.82, 2.24) is 4.90 Å². The van der Waals surface area contributed by atoms with Gasteiger partial charge in [0, 0.05) is 25.8 Å². The maximum absolute atomic E-state index is 12.4. The number of methoxy groups -OCH3 is 1. The quantitative estimate of drug-likeness (QED) is 0.851. The molecule has 0 aromatic heterocycles. The second-order valence-corrected chi connectivity index (χ2v) is 5.70. The minimum Gasteiger partial charge on any atom is -0.489 e. The lowest BCUT2D eigenvalue weighted by molar-refractivity contribution is 0.0724. The van der Waals surface area contributed by atoms with Crippen LogP contribution in [0.1, 0.15) is 22.3 Å². The van der Waals surface area contributed by atoms with Crippen molar-refractivity contribution in [3.8, 4) is 5.75 Å². The van der Waals surface area contributed by atoms with Crippen LogP contribution in [-0.2, 0) is 11.3 Å². The Balaban J connectivity index is 1.57. The molecule has 1 atom stereocenters. The van der Waals surface area contributed by atoms with Gasteiger partial charge >= 0.3 is 0 Å². The van der Waals surface area contributed by atoms with E-state index in [-0.39, 0.29) is 12.0 Å². The zero-order chi connectivity index (χ0) is 16.1. The Morgan fingerprint density at radius 1 is 1.13 bits per heavy atom. The Kier molecular flexibility index (Phi) is 4.93. The van der Waals surface area contributed by atoms with Crippen LogP contribution in [0.25, 0.3) is 0 Å². The minimum absolute atomic E-state index is 0.0695. The Morgan fingerprint density at radius 2 is 1.87 bits per heavy atom. The van der Waals surface area contributed by atoms with Crippen molar-refractivity contribution in [2.24, 2.45) is 0 Å². The molecule has 0 spiro atoms. The van der Waals surface area contributed by atoms with Crippen LogP contribution in [-0.4, -0.2) is 37.1 Å². The molecule has 2 aromatic carbocycles. The van der Waals surface area contributed by atoms with E-state index in [4.69, 9.17) is 9.47 Å². The van der Waals surface area contributed by atoms with Crippen LogP contribution in [0.5, 0.6) is 5.75 Å². The summed E-state index contributed by atoms with van der Waals surface area (Å²) >= 11 is 0. The number of ether oxygens (including phenoxy) is 2. The van der Waals surface area contributed by atoms with E-state index in [2.05, 4.69) is 0 Å². The van der Waals surface area contributed by atoms with Gasteiger partial charge in [-0.1, -0.05) is 30.3 Å². The van der Waals surface area contributed by atoms with Gasteiger partial charge in [-0.05, 0) is 36.2 Å². The second kappa shape index (κ2) is 7.29. The molecule has 1 amide bonds. The summed E-state index contributed by atoms with van der Waals surface area (Å²) in [5.41, 5.74) is 1.76. The zero-order valence-electron chi connectivity index (χ0n) is 13.3. The van der Waals surface area contributed by atoms with Gasteiger partial charge in [-0.2, -0.15) is 0 Å². The first-order valence-corrected chi connectivity index (χ1v) is 7.85. The number of carbonyl (C=O) groups excluding carboxylic acids is 1. The summed E-state index contributed by atoms with van der Waals surface area (Å²) in [5.74, 6) is 0.912. The molecule has 0 aliphatic carbocycles. The van der Waals surface area contributed by atoms with Gasteiger partial charge in [-0.15, -0.1) is 0 Å². The molecular formula is C19H21NO3. The second-order valence-electron chi connectivity index (χ2n) is 5.70. The van der Waals surface area contributed by atoms with Crippen LogP contribution in [0.2, 0.25) is 0 Å². The van der Waals surface area contributed by atoms with Gasteiger partial charge in [0.2, 0.25) is 0 Å². The van der Waals surface area contributed by atoms with E-state index >= 15 is 0 Å². The summed E-state index contributed by atoms with van der Waals surface area (Å²) in [7, 11) is 1.69. The van der Waals surface area contributed by atoms with Crippen molar-refractivity contribution in [1.29, 1.82) is 0 Å². The predicted octanol–water partition coefficient (Wildman–Crippen LogP) is 3.13. The largest absolute Gasteiger partial charge is 0.489 e. The average molecular weight is 311 g/mol. The molecule has 3 rings (SSSR count). The fourth-order valence-electron chi connectivity index (χ4n) is 2.71. The summed E-state index contributed by atoms with van der Waals surface area (Å²) in [6, 6.07) is 17.3. The summed E-state index contributed by atoms with van der Waals surface area (Å²) in [4.78, 5) is 14.3. The van der Waals surface area contributed by atoms with E-state index in [9.17, 15) is 4.79 Å². The number of rotatable bonds is 5. The molecule has 0 saturated carbocycles. The van der Waals surface area contributed by atoms with Crippen LogP contribution in [0.3, 0.4) is 0 Å². The molecule has 0 unspecified atom stereocenters. The molecule has 0 bridgehead atoms. The molecule has 0 N–H and O–H groups in total. The molecule has 2 aromatic rings. The fraction of sp³-hybridized carbons (Fsp3) is 0.316. The standard InChI is InChI=1S/C19H21NO3/c1-22-18-11-12-20(13-18)19(21)16-9-7-15(8-10-16)14-23-17-5-3-2-4-6-17/h2-10,18H,11-14H2,1H3/t18-/m0/s1. The van der Waals surface area contributed by atoms with Gasteiger partial charge in [-0.25, -0.2) is 0 Å². The summed E-state index contributed by atoms with van der Waals surface area (Å²) in [6.45, 7) is 1.93. The maximum atomic E-state index is 12.4. The van der Waals surface area contributed by atoms with Crippen molar-refractivity contribution >= 4 is 5.91 Å². The number of nitrogens with zero attached hydrogens (tertiary/aromatic N) is 1. The van der Waals surface area contributed by atoms with E-state index in [1.165, 1.54) is 0 Å². The first-order chi connectivity index (χ1) is 11.3. The third-order valence-electron chi connectivity index (χ3n) is 4.12. The molecule has 1 saturated heterocycles. The molecule has 1 aliphatic heterocycles. The predicted molar refractivity (Wildman–Crippen MR) is 88.5 cm³/mol. The number of carbonyl (C=O) groups is 1. The number of benzene rings is 2. The highest BCUT2D eigenvalue weighted by molar-refractivity contribution is 5.94. The van der Waals surface area contributed by atoms with E-state index < -0.39 is 0 Å². The summed E-state index contributed by atoms with van der Waals surface area (Å²) in [6.07, 6.45) is 1.07. The fourth-order valence-corrected chi connectivity index (χ4v) is 2.71. The third-order valence-corrected chi connectivity index (χ3v) is 4.12. The van der Waals surface area contributed by atoms with Crippen LogP contribution in [0, 0.1) is 0 Å². The SMILES string of the molecule is CO[C@H]1CCN(C(=O)c2ccc(COc3ccccc3)cc2)C1. The van der Waals surface area contributed by atoms with Gasteiger partial charge in [0.1, 0.15) is 12.4 Å². The molecular weight excluding hydrogens is 290 g/mol. The molecule has 4 nitrogen and oxygen atoms in total. The van der Waals surface area contributed by atoms with Crippen LogP contribution in [0.4, 0.5) is 0 Å². The molecule has 23 heavy (non-hydrogen) atoms. The summed E-state index contributed by atoms with van der Waals surface area (Å²) < 4.78 is 11.0. The van der Waals surface area contributed by atoms with Crippen molar-refractivity contribution in [3.63, 3.8) is 0 Å². The Bertz CT molecular complexity index is 639. The van der Waals surface area contributed by atoms with Gasteiger partial charge in [0.05, 0.1) is 6.10 Å². The van der Waals surface area contributed by atoms with Crippen molar-refractivity contribution in [2.45, 2.75) is 19.1 Å². The lowest BCUT2D eigenvalue weighted by Gasteiger charge is -2.16. The van der Waals surface area contributed by atoms with Gasteiger partial charge in [0.15, 0.2) is 0 Å². The van der Waals surface area contributed by atoms with Gasteiger partial charge < -0.3 is 14.4 Å². The Labute approximate surface area is 136 Å². The lowest BCUT2D eigenvalue weighted by Crippen LogP contribution is -2.29. The van der Waals surface area contributed by atoms with Gasteiger partial charge in [-0.3, -0.25) is 4.79 Å².